The smallest absolute Gasteiger partial charge is 0.0588 e. The standard InChI is InChI=1S/C24H43NSi2/c1-20(18-26(9,10)23(3,4)5)25(22-16-14-13-15-17-22)21(2)19-27(11,12)24(6,7)8/h13-17H,1-2,18-19H2,3-12H3. The van der Waals surface area contributed by atoms with Gasteiger partial charge in [0, 0.05) is 17.1 Å². The van der Waals surface area contributed by atoms with Gasteiger partial charge in [0.1, 0.15) is 0 Å². The maximum atomic E-state index is 4.56. The number of allylic oxidation sites excluding steroid dienone is 2. The van der Waals surface area contributed by atoms with Crippen LogP contribution >= 0.6 is 0 Å². The fourth-order valence-electron chi connectivity index (χ4n) is 2.87. The lowest BCUT2D eigenvalue weighted by molar-refractivity contribution is 0.713. The largest absolute Gasteiger partial charge is 0.320 e. The van der Waals surface area contributed by atoms with Crippen molar-refractivity contribution in [3.05, 3.63) is 54.9 Å². The molecular weight excluding hydrogens is 358 g/mol. The molecule has 27 heavy (non-hydrogen) atoms. The van der Waals surface area contributed by atoms with Gasteiger partial charge in [0.25, 0.3) is 0 Å². The summed E-state index contributed by atoms with van der Waals surface area (Å²) in [5.74, 6) is 0. The van der Waals surface area contributed by atoms with E-state index in [1.807, 2.05) is 0 Å². The number of benzene rings is 1. The first-order chi connectivity index (χ1) is 12.0. The number of para-hydroxylation sites is 1. The fraction of sp³-hybridized carbons (Fsp3) is 0.583. The van der Waals surface area contributed by atoms with Crippen LogP contribution in [0.2, 0.25) is 48.4 Å². The van der Waals surface area contributed by atoms with Crippen molar-refractivity contribution in [1.82, 2.24) is 0 Å². The topological polar surface area (TPSA) is 3.24 Å². The summed E-state index contributed by atoms with van der Waals surface area (Å²) < 4.78 is 0. The molecule has 0 aliphatic rings. The van der Waals surface area contributed by atoms with Gasteiger partial charge in [-0.15, -0.1) is 0 Å². The van der Waals surface area contributed by atoms with E-state index in [-0.39, 0.29) is 0 Å². The molecule has 0 spiro atoms. The van der Waals surface area contributed by atoms with Crippen LogP contribution in [0.15, 0.2) is 54.9 Å². The van der Waals surface area contributed by atoms with Crippen LogP contribution in [0, 0.1) is 0 Å². The van der Waals surface area contributed by atoms with Crippen molar-refractivity contribution in [2.24, 2.45) is 0 Å². The van der Waals surface area contributed by atoms with Gasteiger partial charge in [-0.1, -0.05) is 99.1 Å². The lowest BCUT2D eigenvalue weighted by Gasteiger charge is -2.43. The minimum Gasteiger partial charge on any atom is -0.320 e. The SMILES string of the molecule is C=C(C[Si](C)(C)C(C)(C)C)N(C(=C)C[Si](C)(C)C(C)(C)C)c1ccccc1. The Labute approximate surface area is 171 Å². The van der Waals surface area contributed by atoms with Gasteiger partial charge in [-0.05, 0) is 34.3 Å². The van der Waals surface area contributed by atoms with Gasteiger partial charge in [0.05, 0.1) is 16.1 Å². The van der Waals surface area contributed by atoms with E-state index < -0.39 is 16.1 Å². The Morgan fingerprint density at radius 2 is 1.07 bits per heavy atom. The lowest BCUT2D eigenvalue weighted by atomic mass is 10.2. The van der Waals surface area contributed by atoms with Crippen LogP contribution < -0.4 is 4.90 Å². The molecular formula is C24H43NSi2. The van der Waals surface area contributed by atoms with Crippen LogP contribution in [0.5, 0.6) is 0 Å². The zero-order valence-corrected chi connectivity index (χ0v) is 21.7. The van der Waals surface area contributed by atoms with Gasteiger partial charge in [-0.25, -0.2) is 0 Å². The Balaban J connectivity index is 3.23. The monoisotopic (exact) mass is 401 g/mol. The Morgan fingerprint density at radius 3 is 1.37 bits per heavy atom. The molecule has 0 heterocycles. The van der Waals surface area contributed by atoms with E-state index in [1.165, 1.54) is 17.1 Å². The van der Waals surface area contributed by atoms with Crippen molar-refractivity contribution in [1.29, 1.82) is 0 Å². The van der Waals surface area contributed by atoms with E-state index in [2.05, 4.69) is 116 Å². The molecule has 1 aromatic carbocycles. The first-order valence-corrected chi connectivity index (χ1v) is 16.6. The van der Waals surface area contributed by atoms with E-state index in [1.54, 1.807) is 0 Å². The zero-order valence-electron chi connectivity index (χ0n) is 19.7. The molecule has 0 saturated heterocycles. The first-order valence-electron chi connectivity index (χ1n) is 10.2. The third-order valence-corrected chi connectivity index (χ3v) is 17.7. The second kappa shape index (κ2) is 8.12. The number of hydrogen-bond acceptors (Lipinski definition) is 1. The third kappa shape index (κ3) is 5.95. The Bertz CT molecular complexity index is 618. The van der Waals surface area contributed by atoms with Crippen LogP contribution in [0.4, 0.5) is 5.69 Å². The van der Waals surface area contributed by atoms with Crippen molar-refractivity contribution in [2.75, 3.05) is 4.90 Å². The minimum absolute atomic E-state index is 0.346. The lowest BCUT2D eigenvalue weighted by Crippen LogP contribution is -2.41. The van der Waals surface area contributed by atoms with Gasteiger partial charge < -0.3 is 4.90 Å². The predicted octanol–water partition coefficient (Wildman–Crippen LogP) is 8.54. The Morgan fingerprint density at radius 1 is 0.741 bits per heavy atom. The summed E-state index contributed by atoms with van der Waals surface area (Å²) in [5, 5.41) is 0.693. The van der Waals surface area contributed by atoms with E-state index >= 15 is 0 Å². The normalized spacial score (nSPS) is 13.4. The third-order valence-electron chi connectivity index (χ3n) is 7.00. The highest BCUT2D eigenvalue weighted by Gasteiger charge is 2.39. The summed E-state index contributed by atoms with van der Waals surface area (Å²) in [6.45, 7) is 33.3. The highest BCUT2D eigenvalue weighted by molar-refractivity contribution is 6.81. The van der Waals surface area contributed by atoms with E-state index in [4.69, 9.17) is 0 Å². The molecule has 0 aliphatic carbocycles. The van der Waals surface area contributed by atoms with Crippen LogP contribution in [-0.2, 0) is 0 Å². The van der Waals surface area contributed by atoms with Crippen LogP contribution in [0.3, 0.4) is 0 Å². The minimum atomic E-state index is -1.48. The summed E-state index contributed by atoms with van der Waals surface area (Å²) in [7, 11) is -2.95. The molecule has 0 N–H and O–H groups in total. The van der Waals surface area contributed by atoms with Crippen LogP contribution in [0.1, 0.15) is 41.5 Å². The Hall–Kier alpha value is -1.07. The van der Waals surface area contributed by atoms with Crippen molar-refractivity contribution < 1.29 is 0 Å². The first kappa shape index (κ1) is 24.0. The number of anilines is 1. The summed E-state index contributed by atoms with van der Waals surface area (Å²) in [6, 6.07) is 12.9. The average Bonchev–Trinajstić information content (AvgIpc) is 2.44. The molecule has 3 heteroatoms. The summed E-state index contributed by atoms with van der Waals surface area (Å²) in [4.78, 5) is 2.36. The molecule has 1 nitrogen and oxygen atoms in total. The van der Waals surface area contributed by atoms with E-state index in [9.17, 15) is 0 Å². The van der Waals surface area contributed by atoms with Gasteiger partial charge in [-0.2, -0.15) is 0 Å². The second-order valence-electron chi connectivity index (χ2n) is 11.4. The van der Waals surface area contributed by atoms with Gasteiger partial charge in [0.15, 0.2) is 0 Å². The highest BCUT2D eigenvalue weighted by atomic mass is 28.3. The molecule has 0 unspecified atom stereocenters. The van der Waals surface area contributed by atoms with Crippen LogP contribution in [-0.4, -0.2) is 16.1 Å². The summed E-state index contributed by atoms with van der Waals surface area (Å²) in [5.41, 5.74) is 3.61. The summed E-state index contributed by atoms with van der Waals surface area (Å²) in [6.07, 6.45) is 0. The highest BCUT2D eigenvalue weighted by Crippen LogP contribution is 2.44. The maximum absolute atomic E-state index is 4.56. The molecule has 0 atom stereocenters. The molecule has 0 saturated carbocycles. The molecule has 0 fully saturated rings. The molecule has 1 aromatic rings. The van der Waals surface area contributed by atoms with Crippen LogP contribution in [0.25, 0.3) is 0 Å². The van der Waals surface area contributed by atoms with E-state index in [0.717, 1.165) is 12.1 Å². The summed E-state index contributed by atoms with van der Waals surface area (Å²) >= 11 is 0. The van der Waals surface area contributed by atoms with Gasteiger partial charge >= 0.3 is 0 Å². The number of nitrogens with zero attached hydrogens (tertiary/aromatic N) is 1. The van der Waals surface area contributed by atoms with Crippen molar-refractivity contribution >= 4 is 21.8 Å². The zero-order chi connectivity index (χ0) is 21.3. The molecule has 0 aromatic heterocycles. The fourth-order valence-corrected chi connectivity index (χ4v) is 6.29. The van der Waals surface area contributed by atoms with E-state index in [0.29, 0.717) is 10.1 Å². The average molecular weight is 402 g/mol. The number of hydrogen-bond donors (Lipinski definition) is 0. The van der Waals surface area contributed by atoms with Gasteiger partial charge in [0.2, 0.25) is 0 Å². The molecule has 1 rings (SSSR count). The van der Waals surface area contributed by atoms with Crippen molar-refractivity contribution in [3.8, 4) is 0 Å². The molecule has 152 valence electrons. The Kier molecular flexibility index (Phi) is 7.21. The van der Waals surface area contributed by atoms with Gasteiger partial charge in [-0.3, -0.25) is 0 Å². The molecule has 0 aliphatic heterocycles. The van der Waals surface area contributed by atoms with Crippen molar-refractivity contribution in [2.45, 2.75) is 89.9 Å². The second-order valence-corrected chi connectivity index (χ2v) is 22.7. The quantitative estimate of drug-likeness (QED) is 0.414. The molecule has 0 amide bonds. The predicted molar refractivity (Wildman–Crippen MR) is 131 cm³/mol. The maximum Gasteiger partial charge on any atom is 0.0588 e. The molecule has 0 bridgehead atoms. The van der Waals surface area contributed by atoms with Crippen molar-refractivity contribution in [3.63, 3.8) is 0 Å². The number of rotatable bonds is 7. The molecule has 0 radical (unpaired) electrons.